The molecule has 1 amide bonds. The number of likely N-dealkylation sites (tertiary alicyclic amines) is 1. The second-order valence-electron chi connectivity index (χ2n) is 4.64. The first-order valence-corrected chi connectivity index (χ1v) is 5.59. The number of hydrogen-bond donors (Lipinski definition) is 1. The molecular formula is C11H22N2O2. The summed E-state index contributed by atoms with van der Waals surface area (Å²) in [6, 6.07) is -0.499. The quantitative estimate of drug-likeness (QED) is 0.740. The molecule has 1 fully saturated rings. The fourth-order valence-electron chi connectivity index (χ4n) is 2.02. The van der Waals surface area contributed by atoms with E-state index >= 15 is 0 Å². The third-order valence-electron chi connectivity index (χ3n) is 3.14. The normalized spacial score (nSPS) is 23.5. The molecule has 0 aromatic rings. The third-order valence-corrected chi connectivity index (χ3v) is 3.14. The molecular weight excluding hydrogens is 192 g/mol. The predicted octanol–water partition coefficient (Wildman–Crippen LogP) is 0.465. The molecule has 1 saturated heterocycles. The minimum atomic E-state index is -0.499. The van der Waals surface area contributed by atoms with Crippen molar-refractivity contribution in [1.29, 1.82) is 0 Å². The summed E-state index contributed by atoms with van der Waals surface area (Å²) in [5, 5.41) is 0. The molecule has 2 N–H and O–H groups in total. The van der Waals surface area contributed by atoms with Crippen molar-refractivity contribution >= 4 is 5.91 Å². The van der Waals surface area contributed by atoms with Gasteiger partial charge in [-0.3, -0.25) is 4.79 Å². The van der Waals surface area contributed by atoms with E-state index in [0.717, 1.165) is 19.5 Å². The van der Waals surface area contributed by atoms with Crippen molar-refractivity contribution in [3.63, 3.8) is 0 Å². The molecule has 0 aromatic carbocycles. The highest BCUT2D eigenvalue weighted by Crippen LogP contribution is 2.23. The standard InChI is InChI=1S/C11H22N2O2/c1-8(2)9-4-5-13(6-9)11(14)10(12)7-15-3/h8-10H,4-7,12H2,1-3H3. The Morgan fingerprint density at radius 1 is 1.60 bits per heavy atom. The zero-order chi connectivity index (χ0) is 11.4. The minimum Gasteiger partial charge on any atom is -0.383 e. The van der Waals surface area contributed by atoms with Gasteiger partial charge < -0.3 is 15.4 Å². The van der Waals surface area contributed by atoms with Gasteiger partial charge >= 0.3 is 0 Å². The van der Waals surface area contributed by atoms with E-state index in [0.29, 0.717) is 18.4 Å². The number of nitrogens with two attached hydrogens (primary N) is 1. The van der Waals surface area contributed by atoms with Crippen molar-refractivity contribution in [3.05, 3.63) is 0 Å². The van der Waals surface area contributed by atoms with Crippen LogP contribution in [-0.2, 0) is 9.53 Å². The van der Waals surface area contributed by atoms with Crippen LogP contribution >= 0.6 is 0 Å². The molecule has 1 heterocycles. The van der Waals surface area contributed by atoms with Crippen molar-refractivity contribution in [2.24, 2.45) is 17.6 Å². The molecule has 0 aliphatic carbocycles. The van der Waals surface area contributed by atoms with Crippen LogP contribution in [0.4, 0.5) is 0 Å². The number of hydrogen-bond acceptors (Lipinski definition) is 3. The van der Waals surface area contributed by atoms with Gasteiger partial charge in [0.05, 0.1) is 6.61 Å². The third kappa shape index (κ3) is 3.18. The van der Waals surface area contributed by atoms with Gasteiger partial charge in [-0.2, -0.15) is 0 Å². The number of methoxy groups -OCH3 is 1. The number of carbonyl (C=O) groups is 1. The Morgan fingerprint density at radius 3 is 2.73 bits per heavy atom. The Kier molecular flexibility index (Phi) is 4.54. The molecule has 4 heteroatoms. The number of amides is 1. The van der Waals surface area contributed by atoms with E-state index in [2.05, 4.69) is 13.8 Å². The van der Waals surface area contributed by atoms with E-state index in [4.69, 9.17) is 10.5 Å². The molecule has 1 aliphatic rings. The molecule has 0 bridgehead atoms. The van der Waals surface area contributed by atoms with Crippen LogP contribution in [0.2, 0.25) is 0 Å². The van der Waals surface area contributed by atoms with Crippen molar-refractivity contribution in [2.45, 2.75) is 26.3 Å². The molecule has 88 valence electrons. The zero-order valence-electron chi connectivity index (χ0n) is 9.90. The van der Waals surface area contributed by atoms with Crippen molar-refractivity contribution in [2.75, 3.05) is 26.8 Å². The van der Waals surface area contributed by atoms with Gasteiger partial charge in [0.2, 0.25) is 5.91 Å². The first-order chi connectivity index (χ1) is 7.06. The van der Waals surface area contributed by atoms with Crippen LogP contribution in [0.25, 0.3) is 0 Å². The Balaban J connectivity index is 2.42. The van der Waals surface area contributed by atoms with Gasteiger partial charge in [0.25, 0.3) is 0 Å². The highest BCUT2D eigenvalue weighted by atomic mass is 16.5. The average Bonchev–Trinajstić information content (AvgIpc) is 2.65. The second-order valence-corrected chi connectivity index (χ2v) is 4.64. The second kappa shape index (κ2) is 5.47. The van der Waals surface area contributed by atoms with Crippen LogP contribution in [0.1, 0.15) is 20.3 Å². The van der Waals surface area contributed by atoms with Crippen molar-refractivity contribution < 1.29 is 9.53 Å². The smallest absolute Gasteiger partial charge is 0.241 e. The number of rotatable bonds is 4. The summed E-state index contributed by atoms with van der Waals surface area (Å²) in [6.07, 6.45) is 1.10. The van der Waals surface area contributed by atoms with Crippen LogP contribution < -0.4 is 5.73 Å². The van der Waals surface area contributed by atoms with E-state index in [-0.39, 0.29) is 5.91 Å². The molecule has 2 unspecified atom stereocenters. The van der Waals surface area contributed by atoms with E-state index < -0.39 is 6.04 Å². The Bertz CT molecular complexity index is 219. The summed E-state index contributed by atoms with van der Waals surface area (Å²) in [5.74, 6) is 1.30. The Hall–Kier alpha value is -0.610. The van der Waals surface area contributed by atoms with E-state index in [1.165, 1.54) is 0 Å². The maximum Gasteiger partial charge on any atom is 0.241 e. The fourth-order valence-corrected chi connectivity index (χ4v) is 2.02. The van der Waals surface area contributed by atoms with E-state index in [1.54, 1.807) is 7.11 Å². The van der Waals surface area contributed by atoms with Crippen molar-refractivity contribution in [3.8, 4) is 0 Å². The summed E-state index contributed by atoms with van der Waals surface area (Å²) in [6.45, 7) is 6.41. The number of ether oxygens (including phenoxy) is 1. The number of carbonyl (C=O) groups excluding carboxylic acids is 1. The maximum absolute atomic E-state index is 11.8. The Morgan fingerprint density at radius 2 is 2.27 bits per heavy atom. The van der Waals surface area contributed by atoms with Gasteiger partial charge in [-0.15, -0.1) is 0 Å². The molecule has 0 spiro atoms. The zero-order valence-corrected chi connectivity index (χ0v) is 9.90. The number of nitrogens with zero attached hydrogens (tertiary/aromatic N) is 1. The summed E-state index contributed by atoms with van der Waals surface area (Å²) in [4.78, 5) is 13.7. The molecule has 4 nitrogen and oxygen atoms in total. The molecule has 0 aromatic heterocycles. The van der Waals surface area contributed by atoms with Crippen molar-refractivity contribution in [1.82, 2.24) is 4.90 Å². The monoisotopic (exact) mass is 214 g/mol. The lowest BCUT2D eigenvalue weighted by atomic mass is 9.95. The molecule has 0 saturated carbocycles. The van der Waals surface area contributed by atoms with Gasteiger partial charge in [0.1, 0.15) is 6.04 Å². The van der Waals surface area contributed by atoms with Crippen LogP contribution in [0.15, 0.2) is 0 Å². The minimum absolute atomic E-state index is 0.0278. The highest BCUT2D eigenvalue weighted by Gasteiger charge is 2.30. The van der Waals surface area contributed by atoms with Gasteiger partial charge in [-0.05, 0) is 18.3 Å². The van der Waals surface area contributed by atoms with Crippen LogP contribution in [0, 0.1) is 11.8 Å². The maximum atomic E-state index is 11.8. The van der Waals surface area contributed by atoms with E-state index in [1.807, 2.05) is 4.90 Å². The first-order valence-electron chi connectivity index (χ1n) is 5.59. The predicted molar refractivity (Wildman–Crippen MR) is 59.4 cm³/mol. The Labute approximate surface area is 91.8 Å². The molecule has 1 rings (SSSR count). The molecule has 2 atom stereocenters. The van der Waals surface area contributed by atoms with Gasteiger partial charge in [-0.25, -0.2) is 0 Å². The van der Waals surface area contributed by atoms with Crippen LogP contribution in [-0.4, -0.2) is 43.7 Å². The molecule has 0 radical (unpaired) electrons. The summed E-state index contributed by atoms with van der Waals surface area (Å²) < 4.78 is 4.89. The van der Waals surface area contributed by atoms with Gasteiger partial charge in [-0.1, -0.05) is 13.8 Å². The summed E-state index contributed by atoms with van der Waals surface area (Å²) in [5.41, 5.74) is 5.71. The highest BCUT2D eigenvalue weighted by molar-refractivity contribution is 5.82. The topological polar surface area (TPSA) is 55.6 Å². The largest absolute Gasteiger partial charge is 0.383 e. The molecule has 1 aliphatic heterocycles. The average molecular weight is 214 g/mol. The lowest BCUT2D eigenvalue weighted by Gasteiger charge is -2.21. The van der Waals surface area contributed by atoms with Gasteiger partial charge in [0.15, 0.2) is 0 Å². The summed E-state index contributed by atoms with van der Waals surface area (Å²) in [7, 11) is 1.56. The van der Waals surface area contributed by atoms with Gasteiger partial charge in [0, 0.05) is 20.2 Å². The lowest BCUT2D eigenvalue weighted by Crippen LogP contribution is -2.45. The van der Waals surface area contributed by atoms with E-state index in [9.17, 15) is 4.79 Å². The summed E-state index contributed by atoms with van der Waals surface area (Å²) >= 11 is 0. The first kappa shape index (κ1) is 12.5. The van der Waals surface area contributed by atoms with Crippen LogP contribution in [0.3, 0.4) is 0 Å². The SMILES string of the molecule is COCC(N)C(=O)N1CCC(C(C)C)C1. The lowest BCUT2D eigenvalue weighted by molar-refractivity contribution is -0.132. The molecule has 15 heavy (non-hydrogen) atoms. The van der Waals surface area contributed by atoms with Crippen LogP contribution in [0.5, 0.6) is 0 Å². The fraction of sp³-hybridized carbons (Fsp3) is 0.909.